The maximum absolute atomic E-state index is 12.0. The van der Waals surface area contributed by atoms with Crippen molar-refractivity contribution in [3.63, 3.8) is 0 Å². The van der Waals surface area contributed by atoms with Crippen LogP contribution in [0.1, 0.15) is 21.5 Å². The van der Waals surface area contributed by atoms with Gasteiger partial charge in [-0.05, 0) is 43.7 Å². The zero-order valence-electron chi connectivity index (χ0n) is 13.5. The van der Waals surface area contributed by atoms with E-state index in [1.165, 1.54) is 12.7 Å². The van der Waals surface area contributed by atoms with Crippen LogP contribution >= 0.6 is 0 Å². The van der Waals surface area contributed by atoms with Crippen LogP contribution in [0, 0.1) is 13.8 Å². The molecule has 0 saturated heterocycles. The molecule has 2 aromatic carbocycles. The third kappa shape index (κ3) is 4.57. The van der Waals surface area contributed by atoms with Crippen molar-refractivity contribution in [1.82, 2.24) is 0 Å². The van der Waals surface area contributed by atoms with E-state index in [9.17, 15) is 9.59 Å². The van der Waals surface area contributed by atoms with Gasteiger partial charge in [0, 0.05) is 11.4 Å². The van der Waals surface area contributed by atoms with Crippen LogP contribution in [0.5, 0.6) is 0 Å². The number of ether oxygens (including phenoxy) is 1. The number of carbonyl (C=O) groups excluding carboxylic acids is 2. The maximum atomic E-state index is 12.0. The Balaban J connectivity index is 1.96. The predicted molar refractivity (Wildman–Crippen MR) is 90.8 cm³/mol. The summed E-state index contributed by atoms with van der Waals surface area (Å²) in [6.07, 6.45) is 0. The Bertz CT molecular complexity index is 726. The molecule has 2 rings (SSSR count). The van der Waals surface area contributed by atoms with Crippen molar-refractivity contribution in [2.45, 2.75) is 13.8 Å². The van der Waals surface area contributed by atoms with Gasteiger partial charge in [-0.3, -0.25) is 4.79 Å². The fourth-order valence-corrected chi connectivity index (χ4v) is 2.23. The molecule has 0 saturated carbocycles. The van der Waals surface area contributed by atoms with Crippen LogP contribution in [0.3, 0.4) is 0 Å². The van der Waals surface area contributed by atoms with Gasteiger partial charge in [0.15, 0.2) is 0 Å². The molecule has 0 aliphatic heterocycles. The quantitative estimate of drug-likeness (QED) is 0.832. The second kappa shape index (κ2) is 7.45. The van der Waals surface area contributed by atoms with Gasteiger partial charge < -0.3 is 15.4 Å². The predicted octanol–water partition coefficient (Wildman–Crippen LogP) is 3.14. The normalized spacial score (nSPS) is 10.0. The third-order valence-electron chi connectivity index (χ3n) is 3.39. The van der Waals surface area contributed by atoms with Gasteiger partial charge >= 0.3 is 5.97 Å². The average molecular weight is 312 g/mol. The zero-order chi connectivity index (χ0) is 16.8. The smallest absolute Gasteiger partial charge is 0.337 e. The Kier molecular flexibility index (Phi) is 5.36. The van der Waals surface area contributed by atoms with Crippen LogP contribution in [-0.4, -0.2) is 25.5 Å². The molecular formula is C18H20N2O3. The molecule has 0 fully saturated rings. The summed E-state index contributed by atoms with van der Waals surface area (Å²) in [4.78, 5) is 23.5. The fraction of sp³-hybridized carbons (Fsp3) is 0.222. The van der Waals surface area contributed by atoms with E-state index in [4.69, 9.17) is 0 Å². The monoisotopic (exact) mass is 312 g/mol. The molecule has 0 bridgehead atoms. The lowest BCUT2D eigenvalue weighted by Crippen LogP contribution is -2.22. The van der Waals surface area contributed by atoms with E-state index in [-0.39, 0.29) is 12.5 Å². The fourth-order valence-electron chi connectivity index (χ4n) is 2.23. The molecule has 5 heteroatoms. The molecule has 0 spiro atoms. The minimum Gasteiger partial charge on any atom is -0.465 e. The molecule has 0 aliphatic carbocycles. The van der Waals surface area contributed by atoms with Crippen LogP contribution < -0.4 is 10.6 Å². The molecule has 1 amide bonds. The number of hydrogen-bond acceptors (Lipinski definition) is 4. The van der Waals surface area contributed by atoms with E-state index < -0.39 is 5.97 Å². The van der Waals surface area contributed by atoms with Gasteiger partial charge in [-0.1, -0.05) is 23.8 Å². The first-order chi connectivity index (χ1) is 11.0. The van der Waals surface area contributed by atoms with Gasteiger partial charge in [0.2, 0.25) is 5.91 Å². The van der Waals surface area contributed by atoms with Crippen LogP contribution in [-0.2, 0) is 9.53 Å². The van der Waals surface area contributed by atoms with Crippen molar-refractivity contribution < 1.29 is 14.3 Å². The Labute approximate surface area is 135 Å². The molecule has 23 heavy (non-hydrogen) atoms. The molecule has 120 valence electrons. The van der Waals surface area contributed by atoms with Gasteiger partial charge in [-0.25, -0.2) is 4.79 Å². The van der Waals surface area contributed by atoms with E-state index in [0.717, 1.165) is 11.3 Å². The van der Waals surface area contributed by atoms with E-state index in [1.54, 1.807) is 24.3 Å². The molecule has 0 radical (unpaired) electrons. The number of carbonyl (C=O) groups is 2. The number of aryl methyl sites for hydroxylation is 2. The standard InChI is InChI=1S/C18H20N2O3/c1-12-7-8-16(13(2)9-12)19-11-17(21)20-15-6-4-5-14(10-15)18(22)23-3/h4-10,19H,11H2,1-3H3,(H,20,21). The summed E-state index contributed by atoms with van der Waals surface area (Å²) < 4.78 is 4.66. The van der Waals surface area contributed by atoms with Gasteiger partial charge in [-0.2, -0.15) is 0 Å². The topological polar surface area (TPSA) is 67.4 Å². The third-order valence-corrected chi connectivity index (χ3v) is 3.39. The molecule has 2 aromatic rings. The summed E-state index contributed by atoms with van der Waals surface area (Å²) in [5, 5.41) is 5.86. The highest BCUT2D eigenvalue weighted by molar-refractivity contribution is 5.96. The van der Waals surface area contributed by atoms with Crippen molar-refractivity contribution in [1.29, 1.82) is 0 Å². The number of esters is 1. The van der Waals surface area contributed by atoms with E-state index in [0.29, 0.717) is 11.3 Å². The summed E-state index contributed by atoms with van der Waals surface area (Å²) in [5.41, 5.74) is 4.14. The van der Waals surface area contributed by atoms with Gasteiger partial charge in [0.1, 0.15) is 0 Å². The van der Waals surface area contributed by atoms with E-state index >= 15 is 0 Å². The first kappa shape index (κ1) is 16.5. The van der Waals surface area contributed by atoms with Crippen molar-refractivity contribution >= 4 is 23.3 Å². The number of rotatable bonds is 5. The highest BCUT2D eigenvalue weighted by Gasteiger charge is 2.08. The largest absolute Gasteiger partial charge is 0.465 e. The lowest BCUT2D eigenvalue weighted by atomic mass is 10.1. The van der Waals surface area contributed by atoms with Crippen LogP contribution in [0.15, 0.2) is 42.5 Å². The number of benzene rings is 2. The summed E-state index contributed by atoms with van der Waals surface area (Å²) in [6, 6.07) is 12.6. The Hall–Kier alpha value is -2.82. The minimum absolute atomic E-state index is 0.145. The molecule has 2 N–H and O–H groups in total. The van der Waals surface area contributed by atoms with Gasteiger partial charge in [0.05, 0.1) is 19.2 Å². The Morgan fingerprint density at radius 1 is 1.09 bits per heavy atom. The minimum atomic E-state index is -0.436. The first-order valence-corrected chi connectivity index (χ1v) is 7.29. The van der Waals surface area contributed by atoms with Crippen molar-refractivity contribution in [3.05, 3.63) is 59.2 Å². The molecule has 0 atom stereocenters. The number of hydrogen-bond donors (Lipinski definition) is 2. The van der Waals surface area contributed by atoms with Crippen molar-refractivity contribution in [2.24, 2.45) is 0 Å². The molecule has 0 heterocycles. The molecule has 5 nitrogen and oxygen atoms in total. The number of amides is 1. The highest BCUT2D eigenvalue weighted by atomic mass is 16.5. The highest BCUT2D eigenvalue weighted by Crippen LogP contribution is 2.16. The number of anilines is 2. The SMILES string of the molecule is COC(=O)c1cccc(NC(=O)CNc2ccc(C)cc2C)c1. The maximum Gasteiger partial charge on any atom is 0.337 e. The molecule has 0 unspecified atom stereocenters. The number of methoxy groups -OCH3 is 1. The summed E-state index contributed by atoms with van der Waals surface area (Å²) >= 11 is 0. The van der Waals surface area contributed by atoms with Gasteiger partial charge in [-0.15, -0.1) is 0 Å². The lowest BCUT2D eigenvalue weighted by molar-refractivity contribution is -0.114. The average Bonchev–Trinajstić information content (AvgIpc) is 2.53. The summed E-state index contributed by atoms with van der Waals surface area (Å²) in [6.45, 7) is 4.16. The summed E-state index contributed by atoms with van der Waals surface area (Å²) in [7, 11) is 1.32. The Morgan fingerprint density at radius 3 is 2.57 bits per heavy atom. The van der Waals surface area contributed by atoms with E-state index in [1.807, 2.05) is 26.0 Å². The first-order valence-electron chi connectivity index (χ1n) is 7.29. The molecule has 0 aliphatic rings. The second-order valence-corrected chi connectivity index (χ2v) is 5.29. The zero-order valence-corrected chi connectivity index (χ0v) is 13.5. The molecular weight excluding hydrogens is 292 g/mol. The van der Waals surface area contributed by atoms with Crippen molar-refractivity contribution in [2.75, 3.05) is 24.3 Å². The van der Waals surface area contributed by atoms with Crippen LogP contribution in [0.25, 0.3) is 0 Å². The Morgan fingerprint density at radius 2 is 1.87 bits per heavy atom. The van der Waals surface area contributed by atoms with Gasteiger partial charge in [0.25, 0.3) is 0 Å². The van der Waals surface area contributed by atoms with Crippen LogP contribution in [0.2, 0.25) is 0 Å². The summed E-state index contributed by atoms with van der Waals surface area (Å²) in [5.74, 6) is -0.624. The lowest BCUT2D eigenvalue weighted by Gasteiger charge is -2.11. The molecule has 0 aromatic heterocycles. The second-order valence-electron chi connectivity index (χ2n) is 5.29. The number of nitrogens with one attached hydrogen (secondary N) is 2. The van der Waals surface area contributed by atoms with Crippen molar-refractivity contribution in [3.8, 4) is 0 Å². The van der Waals surface area contributed by atoms with E-state index in [2.05, 4.69) is 21.4 Å². The van der Waals surface area contributed by atoms with Crippen LogP contribution in [0.4, 0.5) is 11.4 Å².